The van der Waals surface area contributed by atoms with Crippen LogP contribution in [0.15, 0.2) is 0 Å². The van der Waals surface area contributed by atoms with E-state index in [1.807, 2.05) is 0 Å². The molecule has 3 heteroatoms. The summed E-state index contributed by atoms with van der Waals surface area (Å²) >= 11 is -2.02. The molecule has 0 spiro atoms. The summed E-state index contributed by atoms with van der Waals surface area (Å²) < 4.78 is 15.8. The molecular weight excluding hydrogens is 199 g/mol. The molecule has 0 saturated heterocycles. The van der Waals surface area contributed by atoms with Gasteiger partial charge in [0.15, 0.2) is 0 Å². The van der Waals surface area contributed by atoms with Gasteiger partial charge in [-0.3, -0.25) is 0 Å². The normalized spacial score (nSPS) is 6.14. The Labute approximate surface area is 55.1 Å². The number of hydrogen-bond acceptors (Lipinski definition) is 1. The third-order valence-electron chi connectivity index (χ3n) is 0.500. The van der Waals surface area contributed by atoms with Crippen molar-refractivity contribution in [3.05, 3.63) is 0 Å². The Hall–Kier alpha value is 0.559. The summed E-state index contributed by atoms with van der Waals surface area (Å²) in [6.45, 7) is 4.36. The van der Waals surface area contributed by atoms with Gasteiger partial charge >= 0.3 is 28.1 Å². The van der Waals surface area contributed by atoms with Gasteiger partial charge in [-0.2, -0.15) is 0 Å². The van der Waals surface area contributed by atoms with Crippen LogP contribution in [0.5, 0.6) is 0 Å². The summed E-state index contributed by atoms with van der Waals surface area (Å²) in [5, 5.41) is 0. The van der Waals surface area contributed by atoms with Crippen molar-refractivity contribution in [3.63, 3.8) is 0 Å². The van der Waals surface area contributed by atoms with E-state index >= 15 is 0 Å². The SMILES string of the molecule is CCCC.[O]=[Sn][OH]. The van der Waals surface area contributed by atoms with Crippen molar-refractivity contribution in [3.8, 4) is 0 Å². The van der Waals surface area contributed by atoms with E-state index in [9.17, 15) is 0 Å². The Bertz CT molecular complexity index is 28.9. The molecule has 0 aromatic carbocycles. The first-order chi connectivity index (χ1) is 3.33. The number of rotatable bonds is 1. The van der Waals surface area contributed by atoms with Crippen molar-refractivity contribution in [1.82, 2.24) is 0 Å². The van der Waals surface area contributed by atoms with Crippen molar-refractivity contribution in [2.24, 2.45) is 0 Å². The van der Waals surface area contributed by atoms with Crippen molar-refractivity contribution < 1.29 is 6.52 Å². The molecule has 0 aliphatic heterocycles. The molecule has 0 aliphatic carbocycles. The van der Waals surface area contributed by atoms with Gasteiger partial charge in [-0.15, -0.1) is 0 Å². The molecule has 0 aliphatic rings. The molecule has 0 aromatic rings. The summed E-state index contributed by atoms with van der Waals surface area (Å²) in [4.78, 5) is 0. The van der Waals surface area contributed by atoms with Crippen molar-refractivity contribution in [2.75, 3.05) is 0 Å². The van der Waals surface area contributed by atoms with Crippen LogP contribution in [0, 0.1) is 0 Å². The molecule has 1 radical (unpaired) electrons. The molecule has 0 atom stereocenters. The number of hydrogen-bond donors (Lipinski definition) is 1. The van der Waals surface area contributed by atoms with Crippen LogP contribution in [0.3, 0.4) is 0 Å². The van der Waals surface area contributed by atoms with Crippen LogP contribution in [0.1, 0.15) is 26.7 Å². The van der Waals surface area contributed by atoms with E-state index in [-0.39, 0.29) is 0 Å². The molecule has 0 unspecified atom stereocenters. The van der Waals surface area contributed by atoms with E-state index in [1.165, 1.54) is 12.8 Å². The first-order valence-corrected chi connectivity index (χ1v) is 4.78. The van der Waals surface area contributed by atoms with Crippen LogP contribution >= 0.6 is 0 Å². The molecule has 0 amide bonds. The molecule has 7 heavy (non-hydrogen) atoms. The molecule has 0 saturated carbocycles. The molecular formula is C4H11O2Sn. The van der Waals surface area contributed by atoms with E-state index in [0.717, 1.165) is 0 Å². The first-order valence-electron chi connectivity index (χ1n) is 2.34. The summed E-state index contributed by atoms with van der Waals surface area (Å²) in [6.07, 6.45) is 2.64. The fraction of sp³-hybridized carbons (Fsp3) is 1.00. The van der Waals surface area contributed by atoms with Crippen molar-refractivity contribution >= 4 is 21.5 Å². The van der Waals surface area contributed by atoms with Gasteiger partial charge in [0.1, 0.15) is 0 Å². The molecule has 1 N–H and O–H groups in total. The molecule has 0 rings (SSSR count). The van der Waals surface area contributed by atoms with E-state index in [2.05, 4.69) is 13.8 Å². The fourth-order valence-electron chi connectivity index (χ4n) is 0. The van der Waals surface area contributed by atoms with Gasteiger partial charge in [0.05, 0.1) is 0 Å². The van der Waals surface area contributed by atoms with Gasteiger partial charge in [0.2, 0.25) is 0 Å². The minimum absolute atomic E-state index is 1.32. The maximum absolute atomic E-state index is 8.66. The predicted molar refractivity (Wildman–Crippen MR) is 29.2 cm³/mol. The monoisotopic (exact) mass is 211 g/mol. The quantitative estimate of drug-likeness (QED) is 0.648. The van der Waals surface area contributed by atoms with Crippen LogP contribution in [0.25, 0.3) is 0 Å². The van der Waals surface area contributed by atoms with E-state index < -0.39 is 21.5 Å². The van der Waals surface area contributed by atoms with Gasteiger partial charge in [-0.25, -0.2) is 0 Å². The zero-order valence-corrected chi connectivity index (χ0v) is 7.62. The fourth-order valence-corrected chi connectivity index (χ4v) is 0. The molecule has 0 heterocycles. The topological polar surface area (TPSA) is 37.3 Å². The maximum atomic E-state index is 8.66. The van der Waals surface area contributed by atoms with Crippen molar-refractivity contribution in [2.45, 2.75) is 26.7 Å². The average molecular weight is 210 g/mol. The Morgan fingerprint density at radius 1 is 1.43 bits per heavy atom. The zero-order valence-electron chi connectivity index (χ0n) is 4.77. The van der Waals surface area contributed by atoms with Gasteiger partial charge in [0.25, 0.3) is 0 Å². The summed E-state index contributed by atoms with van der Waals surface area (Å²) in [6, 6.07) is 0. The molecule has 0 fully saturated rings. The van der Waals surface area contributed by atoms with Crippen LogP contribution in [0.4, 0.5) is 0 Å². The van der Waals surface area contributed by atoms with Crippen LogP contribution in [0.2, 0.25) is 0 Å². The zero-order chi connectivity index (χ0) is 6.12. The number of unbranched alkanes of at least 4 members (excludes halogenated alkanes) is 1. The van der Waals surface area contributed by atoms with Gasteiger partial charge in [-0.1, -0.05) is 26.7 Å². The second-order valence-corrected chi connectivity index (χ2v) is 1.61. The van der Waals surface area contributed by atoms with Crippen LogP contribution in [-0.2, 0) is 3.08 Å². The Morgan fingerprint density at radius 2 is 1.57 bits per heavy atom. The first kappa shape index (κ1) is 10.5. The molecule has 0 aromatic heterocycles. The van der Waals surface area contributed by atoms with E-state index in [0.29, 0.717) is 0 Å². The Kier molecular flexibility index (Phi) is 24.1. The second kappa shape index (κ2) is 16.0. The van der Waals surface area contributed by atoms with Crippen LogP contribution < -0.4 is 0 Å². The molecule has 2 nitrogen and oxygen atoms in total. The predicted octanol–water partition coefficient (Wildman–Crippen LogP) is 0.750. The van der Waals surface area contributed by atoms with Crippen molar-refractivity contribution in [1.29, 1.82) is 0 Å². The second-order valence-electron chi connectivity index (χ2n) is 1.09. The summed E-state index contributed by atoms with van der Waals surface area (Å²) in [5.74, 6) is 0. The third-order valence-corrected chi connectivity index (χ3v) is 0.500. The third kappa shape index (κ3) is 56.1. The molecule has 0 bridgehead atoms. The Morgan fingerprint density at radius 3 is 1.57 bits per heavy atom. The minimum atomic E-state index is -2.02. The standard InChI is InChI=1S/C4H10.H2O.O.Sn/c1-3-4-2;;;/h3-4H2,1-2H3;1H2;;/q;;;+1/p-1. The van der Waals surface area contributed by atoms with E-state index in [4.69, 9.17) is 6.52 Å². The van der Waals surface area contributed by atoms with Gasteiger partial charge in [0, 0.05) is 0 Å². The van der Waals surface area contributed by atoms with Crippen LogP contribution in [-0.4, -0.2) is 25.0 Å². The van der Waals surface area contributed by atoms with Gasteiger partial charge in [-0.05, 0) is 0 Å². The summed E-state index contributed by atoms with van der Waals surface area (Å²) in [5.41, 5.74) is 0. The van der Waals surface area contributed by atoms with Gasteiger partial charge < -0.3 is 0 Å². The average Bonchev–Trinajstić information content (AvgIpc) is 1.69. The summed E-state index contributed by atoms with van der Waals surface area (Å²) in [7, 11) is 0. The van der Waals surface area contributed by atoms with E-state index in [1.54, 1.807) is 0 Å². The molecule has 43 valence electrons. The Balaban J connectivity index is 0.